The minimum Gasteiger partial charge on any atom is -0.435 e. The van der Waals surface area contributed by atoms with Crippen LogP contribution >= 0.6 is 11.6 Å². The Hall–Kier alpha value is -1.82. The van der Waals surface area contributed by atoms with Crippen molar-refractivity contribution in [2.24, 2.45) is 5.92 Å². The fourth-order valence-electron chi connectivity index (χ4n) is 3.38. The van der Waals surface area contributed by atoms with Gasteiger partial charge in [-0.3, -0.25) is 14.4 Å². The molecule has 0 heterocycles. The highest BCUT2D eigenvalue weighted by Crippen LogP contribution is 2.42. The molecule has 0 aliphatic heterocycles. The van der Waals surface area contributed by atoms with E-state index < -0.39 is 35.8 Å². The van der Waals surface area contributed by atoms with Crippen LogP contribution in [0.3, 0.4) is 0 Å². The molecule has 0 aromatic heterocycles. The van der Waals surface area contributed by atoms with Gasteiger partial charge >= 0.3 is 6.61 Å². The summed E-state index contributed by atoms with van der Waals surface area (Å²) in [5.41, 5.74) is 1.40. The number of Topliss-reactive ketones (excluding diaryl/α,β-unsaturated/α-hetero) is 3. The van der Waals surface area contributed by atoms with E-state index in [-0.39, 0.29) is 25.0 Å². The van der Waals surface area contributed by atoms with Crippen molar-refractivity contribution in [3.63, 3.8) is 0 Å². The van der Waals surface area contributed by atoms with Crippen LogP contribution in [0.15, 0.2) is 6.07 Å². The zero-order valence-corrected chi connectivity index (χ0v) is 15.0. The van der Waals surface area contributed by atoms with Gasteiger partial charge in [0.05, 0.1) is 0 Å². The molecule has 1 aromatic rings. The number of alkyl halides is 2. The number of ketones is 3. The largest absolute Gasteiger partial charge is 0.435 e. The van der Waals surface area contributed by atoms with Gasteiger partial charge in [-0.2, -0.15) is 8.78 Å². The second-order valence-electron chi connectivity index (χ2n) is 6.21. The maximum Gasteiger partial charge on any atom is 0.387 e. The zero-order valence-electron chi connectivity index (χ0n) is 14.2. The van der Waals surface area contributed by atoms with Gasteiger partial charge < -0.3 is 4.74 Å². The lowest BCUT2D eigenvalue weighted by Gasteiger charge is -2.29. The minimum atomic E-state index is -3.04. The molecule has 1 saturated carbocycles. The molecule has 4 nitrogen and oxygen atoms in total. The quantitative estimate of drug-likeness (QED) is 0.728. The highest BCUT2D eigenvalue weighted by Gasteiger charge is 2.41. The van der Waals surface area contributed by atoms with E-state index in [4.69, 9.17) is 11.6 Å². The van der Waals surface area contributed by atoms with E-state index in [9.17, 15) is 23.2 Å². The Morgan fingerprint density at radius 1 is 1.28 bits per heavy atom. The summed E-state index contributed by atoms with van der Waals surface area (Å²) < 4.78 is 30.1. The number of rotatable bonds is 5. The van der Waals surface area contributed by atoms with Crippen LogP contribution in [0.1, 0.15) is 48.8 Å². The van der Waals surface area contributed by atoms with E-state index in [2.05, 4.69) is 4.74 Å². The average Bonchev–Trinajstić information content (AvgIpc) is 2.51. The number of hydrogen-bond acceptors (Lipinski definition) is 4. The highest BCUT2D eigenvalue weighted by atomic mass is 35.5. The lowest BCUT2D eigenvalue weighted by molar-refractivity contribution is -0.142. The smallest absolute Gasteiger partial charge is 0.387 e. The van der Waals surface area contributed by atoms with Gasteiger partial charge in [-0.15, -0.1) is 0 Å². The summed E-state index contributed by atoms with van der Waals surface area (Å²) in [6.45, 7) is 1.85. The number of hydrogen-bond donors (Lipinski definition) is 0. The molecule has 1 fully saturated rings. The van der Waals surface area contributed by atoms with E-state index in [1.165, 1.54) is 6.07 Å². The van der Waals surface area contributed by atoms with Gasteiger partial charge in [0.15, 0.2) is 17.3 Å². The van der Waals surface area contributed by atoms with Crippen LogP contribution in [0.4, 0.5) is 8.78 Å². The first-order chi connectivity index (χ1) is 11.7. The van der Waals surface area contributed by atoms with Crippen molar-refractivity contribution in [1.82, 2.24) is 0 Å². The van der Waals surface area contributed by atoms with Gasteiger partial charge in [-0.05, 0) is 31.0 Å². The van der Waals surface area contributed by atoms with Crippen LogP contribution in [0.2, 0.25) is 5.02 Å². The first-order valence-corrected chi connectivity index (χ1v) is 8.37. The fraction of sp³-hybridized carbons (Fsp3) is 0.500. The Bertz CT molecular complexity index is 712. The summed E-state index contributed by atoms with van der Waals surface area (Å²) in [7, 11) is 0. The van der Waals surface area contributed by atoms with Crippen molar-refractivity contribution in [1.29, 1.82) is 0 Å². The van der Waals surface area contributed by atoms with Gasteiger partial charge in [0.1, 0.15) is 11.7 Å². The number of ether oxygens (including phenoxy) is 1. The van der Waals surface area contributed by atoms with E-state index in [0.717, 1.165) is 0 Å². The maximum absolute atomic E-state index is 12.8. The SMILES string of the molecule is CCC(=O)C1C(=O)CC(c2c(OC(F)F)cc(C)c(Cl)c2C)CC1=O. The van der Waals surface area contributed by atoms with Crippen LogP contribution in [-0.4, -0.2) is 24.0 Å². The van der Waals surface area contributed by atoms with Crippen molar-refractivity contribution < 1.29 is 27.9 Å². The Labute approximate surface area is 149 Å². The van der Waals surface area contributed by atoms with Crippen molar-refractivity contribution in [2.75, 3.05) is 0 Å². The number of carbonyl (C=O) groups excluding carboxylic acids is 3. The van der Waals surface area contributed by atoms with E-state index in [1.807, 2.05) is 0 Å². The Kier molecular flexibility index (Phi) is 5.93. The number of carbonyl (C=O) groups is 3. The number of halogens is 3. The molecule has 136 valence electrons. The van der Waals surface area contributed by atoms with Crippen molar-refractivity contribution >= 4 is 29.0 Å². The Balaban J connectivity index is 2.45. The highest BCUT2D eigenvalue weighted by molar-refractivity contribution is 6.32. The van der Waals surface area contributed by atoms with Crippen LogP contribution in [-0.2, 0) is 14.4 Å². The summed E-state index contributed by atoms with van der Waals surface area (Å²) in [6.07, 6.45) is -0.0636. The Morgan fingerprint density at radius 2 is 1.84 bits per heavy atom. The van der Waals surface area contributed by atoms with Crippen molar-refractivity contribution in [2.45, 2.75) is 52.6 Å². The van der Waals surface area contributed by atoms with Crippen LogP contribution in [0.5, 0.6) is 5.75 Å². The standard InChI is InChI=1S/C18H19ClF2O4/c1-4-11(22)16-12(23)6-10(7-13(16)24)15-9(3)17(19)8(2)5-14(15)25-18(20)21/h5,10,16,18H,4,6-7H2,1-3H3. The molecule has 1 aromatic carbocycles. The molecule has 1 aliphatic carbocycles. The summed E-state index contributed by atoms with van der Waals surface area (Å²) in [4.78, 5) is 36.5. The summed E-state index contributed by atoms with van der Waals surface area (Å²) >= 11 is 6.22. The normalized spacial score (nSPS) is 20.9. The molecule has 7 heteroatoms. The van der Waals surface area contributed by atoms with E-state index in [1.54, 1.807) is 20.8 Å². The predicted octanol–water partition coefficient (Wildman–Crippen LogP) is 4.17. The van der Waals surface area contributed by atoms with Gasteiger partial charge in [-0.25, -0.2) is 0 Å². The van der Waals surface area contributed by atoms with Crippen molar-refractivity contribution in [3.05, 3.63) is 27.8 Å². The topological polar surface area (TPSA) is 60.4 Å². The van der Waals surface area contributed by atoms with Gasteiger partial charge in [0, 0.05) is 35.8 Å². The molecule has 25 heavy (non-hydrogen) atoms. The molecule has 0 saturated heterocycles. The predicted molar refractivity (Wildman–Crippen MR) is 88.3 cm³/mol. The molecule has 0 N–H and O–H groups in total. The molecule has 0 atom stereocenters. The third kappa shape index (κ3) is 3.89. The lowest BCUT2D eigenvalue weighted by atomic mass is 9.74. The molecule has 0 bridgehead atoms. The third-order valence-electron chi connectivity index (χ3n) is 4.53. The molecule has 0 radical (unpaired) electrons. The third-order valence-corrected chi connectivity index (χ3v) is 5.11. The summed E-state index contributed by atoms with van der Waals surface area (Å²) in [6, 6.07) is 1.38. The second-order valence-corrected chi connectivity index (χ2v) is 6.59. The molecule has 1 aliphatic rings. The van der Waals surface area contributed by atoms with E-state index >= 15 is 0 Å². The van der Waals surface area contributed by atoms with Crippen LogP contribution in [0, 0.1) is 19.8 Å². The molecular formula is C18H19ClF2O4. The Morgan fingerprint density at radius 3 is 2.32 bits per heavy atom. The molecule has 0 spiro atoms. The summed E-state index contributed by atoms with van der Waals surface area (Å²) in [5, 5.41) is 0.378. The zero-order chi connectivity index (χ0) is 18.9. The van der Waals surface area contributed by atoms with Crippen molar-refractivity contribution in [3.8, 4) is 5.75 Å². The van der Waals surface area contributed by atoms with Crippen LogP contribution < -0.4 is 4.74 Å². The minimum absolute atomic E-state index is 0.0814. The molecular weight excluding hydrogens is 354 g/mol. The molecule has 2 rings (SSSR count). The second kappa shape index (κ2) is 7.60. The lowest BCUT2D eigenvalue weighted by Crippen LogP contribution is -2.38. The van der Waals surface area contributed by atoms with Gasteiger partial charge in [-0.1, -0.05) is 18.5 Å². The first kappa shape index (κ1) is 19.5. The van der Waals surface area contributed by atoms with Gasteiger partial charge in [0.25, 0.3) is 0 Å². The maximum atomic E-state index is 12.8. The first-order valence-electron chi connectivity index (χ1n) is 7.99. The number of aryl methyl sites for hydroxylation is 1. The number of benzene rings is 1. The molecule has 0 unspecified atom stereocenters. The fourth-order valence-corrected chi connectivity index (χ4v) is 3.53. The monoisotopic (exact) mass is 372 g/mol. The summed E-state index contributed by atoms with van der Waals surface area (Å²) in [5.74, 6) is -3.31. The van der Waals surface area contributed by atoms with E-state index in [0.29, 0.717) is 21.7 Å². The van der Waals surface area contributed by atoms with Crippen LogP contribution in [0.25, 0.3) is 0 Å². The van der Waals surface area contributed by atoms with Gasteiger partial charge in [0.2, 0.25) is 0 Å². The average molecular weight is 373 g/mol. The molecule has 0 amide bonds.